The molecule has 0 spiro atoms. The molecular weight excluding hydrogens is 448 g/mol. The van der Waals surface area contributed by atoms with E-state index in [1.165, 1.54) is 6.20 Å². The zero-order chi connectivity index (χ0) is 22.6. The number of carbonyl (C=O) groups is 1. The molecule has 4 rings (SSSR count). The smallest absolute Gasteiger partial charge is 0.411 e. The van der Waals surface area contributed by atoms with Gasteiger partial charge in [-0.2, -0.15) is 4.98 Å². The van der Waals surface area contributed by atoms with Gasteiger partial charge in [-0.1, -0.05) is 11.6 Å². The topological polar surface area (TPSA) is 80.7 Å². The minimum absolute atomic E-state index is 0.0118. The Morgan fingerprint density at radius 1 is 1.35 bits per heavy atom. The Kier molecular flexibility index (Phi) is 5.64. The van der Waals surface area contributed by atoms with Crippen molar-refractivity contribution in [2.24, 2.45) is 0 Å². The van der Waals surface area contributed by atoms with Crippen LogP contribution in [0.1, 0.15) is 33.6 Å². The molecule has 8 nitrogen and oxygen atoms in total. The zero-order valence-electron chi connectivity index (χ0n) is 17.8. The Hall–Kier alpha value is -1.97. The van der Waals surface area contributed by atoms with Crippen LogP contribution in [0.15, 0.2) is 6.20 Å². The van der Waals surface area contributed by atoms with Crippen molar-refractivity contribution < 1.29 is 18.7 Å². The molecule has 11 heteroatoms. The monoisotopic (exact) mass is 471 g/mol. The number of anilines is 1. The van der Waals surface area contributed by atoms with Gasteiger partial charge in [0.2, 0.25) is 5.28 Å². The highest BCUT2D eigenvalue weighted by Crippen LogP contribution is 2.42. The number of methoxy groups -OCH3 is 1. The van der Waals surface area contributed by atoms with E-state index in [1.807, 2.05) is 25.7 Å². The standard InChI is InChI=1S/C20H24Cl2FN5O3/c1-19(2,3)31-18(29)28-11-5-6-20(28,10-30-4)9-27(8-11)16-12-7-24-15(21)13(23)14(12)25-17(22)26-16/h7,11H,5-6,8-10H2,1-4H3/t11-,20+/m0/s1. The van der Waals surface area contributed by atoms with Gasteiger partial charge < -0.3 is 14.4 Å². The molecule has 1 amide bonds. The first-order valence-corrected chi connectivity index (χ1v) is 10.7. The number of fused-ring (bicyclic) bond motifs is 3. The Labute approximate surface area is 189 Å². The molecule has 0 aliphatic carbocycles. The molecule has 0 N–H and O–H groups in total. The number of amides is 1. The van der Waals surface area contributed by atoms with E-state index in [9.17, 15) is 9.18 Å². The predicted octanol–water partition coefficient (Wildman–Crippen LogP) is 4.08. The summed E-state index contributed by atoms with van der Waals surface area (Å²) in [4.78, 5) is 29.1. The summed E-state index contributed by atoms with van der Waals surface area (Å²) < 4.78 is 25.8. The average Bonchev–Trinajstić information content (AvgIpc) is 2.90. The lowest BCUT2D eigenvalue weighted by molar-refractivity contribution is -0.0261. The van der Waals surface area contributed by atoms with Crippen molar-refractivity contribution >= 4 is 46.0 Å². The van der Waals surface area contributed by atoms with Crippen LogP contribution in [0.2, 0.25) is 10.4 Å². The Morgan fingerprint density at radius 2 is 2.10 bits per heavy atom. The number of carbonyl (C=O) groups excluding carboxylic acids is 1. The second kappa shape index (κ2) is 7.86. The van der Waals surface area contributed by atoms with Crippen molar-refractivity contribution in [3.05, 3.63) is 22.5 Å². The average molecular weight is 472 g/mol. The van der Waals surface area contributed by atoms with Crippen LogP contribution in [0.4, 0.5) is 15.0 Å². The maximum Gasteiger partial charge on any atom is 0.411 e. The number of ether oxygens (including phenoxy) is 2. The van der Waals surface area contributed by atoms with E-state index in [-0.39, 0.29) is 28.1 Å². The van der Waals surface area contributed by atoms with Crippen molar-refractivity contribution in [3.63, 3.8) is 0 Å². The van der Waals surface area contributed by atoms with Gasteiger partial charge in [0.25, 0.3) is 0 Å². The highest BCUT2D eigenvalue weighted by atomic mass is 35.5. The number of halogens is 3. The third-order valence-electron chi connectivity index (χ3n) is 5.63. The van der Waals surface area contributed by atoms with Gasteiger partial charge in [0.1, 0.15) is 16.9 Å². The van der Waals surface area contributed by atoms with Crippen LogP contribution in [-0.4, -0.2) is 69.9 Å². The van der Waals surface area contributed by atoms with Crippen molar-refractivity contribution in [1.82, 2.24) is 19.9 Å². The predicted molar refractivity (Wildman–Crippen MR) is 115 cm³/mol. The summed E-state index contributed by atoms with van der Waals surface area (Å²) in [5, 5.41) is 0.0363. The van der Waals surface area contributed by atoms with Gasteiger partial charge in [0.15, 0.2) is 11.0 Å². The highest BCUT2D eigenvalue weighted by Gasteiger charge is 2.55. The third-order valence-corrected chi connectivity index (χ3v) is 6.06. The first-order valence-electron chi connectivity index (χ1n) is 9.98. The van der Waals surface area contributed by atoms with E-state index < -0.39 is 17.0 Å². The minimum Gasteiger partial charge on any atom is -0.444 e. The quantitative estimate of drug-likeness (QED) is 0.492. The fourth-order valence-electron chi connectivity index (χ4n) is 4.58. The SMILES string of the molecule is COC[C@@]12CC[C@@H](CN(c3nc(Cl)nc4c(F)c(Cl)ncc34)C1)N2C(=O)OC(C)(C)C. The number of piperazine rings is 1. The molecular formula is C20H24Cl2FN5O3. The van der Waals surface area contributed by atoms with Crippen molar-refractivity contribution in [2.75, 3.05) is 31.7 Å². The Balaban J connectivity index is 1.75. The number of pyridine rings is 1. The van der Waals surface area contributed by atoms with Crippen LogP contribution in [0.25, 0.3) is 10.9 Å². The summed E-state index contributed by atoms with van der Waals surface area (Å²) in [5.74, 6) is -0.291. The fraction of sp³-hybridized carbons (Fsp3) is 0.600. The van der Waals surface area contributed by atoms with Gasteiger partial charge in [-0.05, 0) is 45.2 Å². The van der Waals surface area contributed by atoms with Gasteiger partial charge in [0.05, 0.1) is 23.6 Å². The highest BCUT2D eigenvalue weighted by molar-refractivity contribution is 6.30. The summed E-state index contributed by atoms with van der Waals surface area (Å²) in [6.07, 6.45) is 2.61. The molecule has 2 aromatic heterocycles. The van der Waals surface area contributed by atoms with E-state index in [0.717, 1.165) is 12.8 Å². The third kappa shape index (κ3) is 3.99. The largest absolute Gasteiger partial charge is 0.444 e. The van der Waals surface area contributed by atoms with E-state index in [4.69, 9.17) is 32.7 Å². The van der Waals surface area contributed by atoms with Gasteiger partial charge in [-0.25, -0.2) is 19.2 Å². The van der Waals surface area contributed by atoms with Crippen LogP contribution in [0.5, 0.6) is 0 Å². The van der Waals surface area contributed by atoms with E-state index in [1.54, 1.807) is 12.0 Å². The van der Waals surface area contributed by atoms with Gasteiger partial charge in [-0.3, -0.25) is 4.90 Å². The minimum atomic E-state index is -0.744. The molecule has 31 heavy (non-hydrogen) atoms. The normalized spacial score (nSPS) is 23.5. The van der Waals surface area contributed by atoms with Gasteiger partial charge in [-0.15, -0.1) is 0 Å². The van der Waals surface area contributed by atoms with Gasteiger partial charge in [0, 0.05) is 26.4 Å². The Bertz CT molecular complexity index is 1030. The molecule has 168 valence electrons. The number of nitrogens with zero attached hydrogens (tertiary/aromatic N) is 5. The van der Waals surface area contributed by atoms with Crippen LogP contribution in [0.3, 0.4) is 0 Å². The van der Waals surface area contributed by atoms with Crippen LogP contribution in [-0.2, 0) is 9.47 Å². The second-order valence-corrected chi connectivity index (χ2v) is 9.72. The summed E-state index contributed by atoms with van der Waals surface area (Å²) in [6.45, 7) is 6.75. The molecule has 2 saturated heterocycles. The molecule has 2 aliphatic rings. The summed E-state index contributed by atoms with van der Waals surface area (Å²) in [6, 6.07) is -0.118. The fourth-order valence-corrected chi connectivity index (χ4v) is 4.88. The lowest BCUT2D eigenvalue weighted by Gasteiger charge is -2.49. The van der Waals surface area contributed by atoms with Crippen LogP contribution < -0.4 is 4.90 Å². The maximum atomic E-state index is 14.6. The Morgan fingerprint density at radius 3 is 2.77 bits per heavy atom. The lowest BCUT2D eigenvalue weighted by atomic mass is 9.96. The van der Waals surface area contributed by atoms with Crippen LogP contribution in [0, 0.1) is 5.82 Å². The van der Waals surface area contributed by atoms with Crippen molar-refractivity contribution in [3.8, 4) is 0 Å². The molecule has 0 aromatic carbocycles. The first kappa shape index (κ1) is 22.2. The molecule has 2 atom stereocenters. The number of aromatic nitrogens is 3. The number of hydrogen-bond acceptors (Lipinski definition) is 7. The van der Waals surface area contributed by atoms with Crippen molar-refractivity contribution in [2.45, 2.75) is 50.8 Å². The molecule has 0 radical (unpaired) electrons. The summed E-state index contributed by atoms with van der Waals surface area (Å²) >= 11 is 11.9. The molecule has 2 bridgehead atoms. The summed E-state index contributed by atoms with van der Waals surface area (Å²) in [5.41, 5.74) is -1.21. The van der Waals surface area contributed by atoms with Crippen molar-refractivity contribution in [1.29, 1.82) is 0 Å². The van der Waals surface area contributed by atoms with Crippen LogP contribution >= 0.6 is 23.2 Å². The number of rotatable bonds is 3. The zero-order valence-corrected chi connectivity index (χ0v) is 19.3. The molecule has 0 saturated carbocycles. The summed E-state index contributed by atoms with van der Waals surface area (Å²) in [7, 11) is 1.60. The molecule has 0 unspecified atom stereocenters. The van der Waals surface area contributed by atoms with E-state index >= 15 is 0 Å². The molecule has 2 aliphatic heterocycles. The second-order valence-electron chi connectivity index (χ2n) is 9.02. The molecule has 4 heterocycles. The van der Waals surface area contributed by atoms with E-state index in [2.05, 4.69) is 15.0 Å². The molecule has 2 fully saturated rings. The molecule has 2 aromatic rings. The lowest BCUT2D eigenvalue weighted by Crippen LogP contribution is -2.66. The van der Waals surface area contributed by atoms with Gasteiger partial charge >= 0.3 is 6.09 Å². The number of hydrogen-bond donors (Lipinski definition) is 0. The maximum absolute atomic E-state index is 14.6. The first-order chi connectivity index (χ1) is 14.5. The van der Waals surface area contributed by atoms with E-state index in [0.29, 0.717) is 30.9 Å².